The van der Waals surface area contributed by atoms with E-state index in [0.717, 1.165) is 5.56 Å². The molecule has 0 spiro atoms. The van der Waals surface area contributed by atoms with Gasteiger partial charge in [-0.15, -0.1) is 0 Å². The van der Waals surface area contributed by atoms with Crippen molar-refractivity contribution >= 4 is 0 Å². The van der Waals surface area contributed by atoms with Gasteiger partial charge in [-0.1, -0.05) is 12.1 Å². The van der Waals surface area contributed by atoms with Gasteiger partial charge in [0.25, 0.3) is 5.56 Å². The largest absolute Gasteiger partial charge is 0.488 e. The van der Waals surface area contributed by atoms with Crippen molar-refractivity contribution in [2.45, 2.75) is 13.5 Å². The van der Waals surface area contributed by atoms with Crippen molar-refractivity contribution in [3.63, 3.8) is 0 Å². The maximum absolute atomic E-state index is 12.1. The first-order valence-corrected chi connectivity index (χ1v) is 6.06. The van der Waals surface area contributed by atoms with Crippen LogP contribution in [0.5, 0.6) is 5.75 Å². The number of benzene rings is 1. The van der Waals surface area contributed by atoms with Gasteiger partial charge in [0, 0.05) is 6.20 Å². The average molecular weight is 254 g/mol. The summed E-state index contributed by atoms with van der Waals surface area (Å²) in [6, 6.07) is 12.7. The first-order chi connectivity index (χ1) is 9.24. The smallest absolute Gasteiger partial charge is 0.293 e. The second-order valence-electron chi connectivity index (χ2n) is 4.05. The van der Waals surface area contributed by atoms with Crippen LogP contribution in [0.4, 0.5) is 0 Å². The second kappa shape index (κ2) is 5.87. The zero-order chi connectivity index (χ0) is 13.7. The molecule has 0 unspecified atom stereocenters. The molecule has 2 aromatic rings. The Bertz CT molecular complexity index is 668. The monoisotopic (exact) mass is 254 g/mol. The van der Waals surface area contributed by atoms with Crippen molar-refractivity contribution in [2.75, 3.05) is 6.61 Å². The summed E-state index contributed by atoms with van der Waals surface area (Å²) >= 11 is 0. The summed E-state index contributed by atoms with van der Waals surface area (Å²) in [5, 5.41) is 8.86. The van der Waals surface area contributed by atoms with Crippen molar-refractivity contribution in [3.05, 3.63) is 64.1 Å². The highest BCUT2D eigenvalue weighted by atomic mass is 16.5. The quantitative estimate of drug-likeness (QED) is 0.840. The van der Waals surface area contributed by atoms with Crippen LogP contribution >= 0.6 is 0 Å². The molecule has 0 fully saturated rings. The number of aromatic nitrogens is 1. The van der Waals surface area contributed by atoms with Gasteiger partial charge in [0.05, 0.1) is 24.8 Å². The molecule has 1 aromatic carbocycles. The fourth-order valence-electron chi connectivity index (χ4n) is 1.84. The van der Waals surface area contributed by atoms with Crippen LogP contribution < -0.4 is 10.3 Å². The standard InChI is InChI=1S/C15H14N2O2/c1-2-19-14-7-4-8-17(15(14)18)11-13-6-3-5-12(9-13)10-16/h3-9H,2,11H2,1H3. The number of ether oxygens (including phenoxy) is 1. The molecule has 2 rings (SSSR count). The third kappa shape index (κ3) is 3.02. The Balaban J connectivity index is 2.31. The van der Waals surface area contributed by atoms with E-state index in [1.165, 1.54) is 0 Å². The van der Waals surface area contributed by atoms with E-state index >= 15 is 0 Å². The third-order valence-corrected chi connectivity index (χ3v) is 2.69. The van der Waals surface area contributed by atoms with Gasteiger partial charge >= 0.3 is 0 Å². The molecule has 96 valence electrons. The Morgan fingerprint density at radius 1 is 1.32 bits per heavy atom. The first kappa shape index (κ1) is 12.9. The highest BCUT2D eigenvalue weighted by Crippen LogP contribution is 2.07. The molecule has 1 heterocycles. The van der Waals surface area contributed by atoms with Gasteiger partial charge in [-0.05, 0) is 36.8 Å². The number of hydrogen-bond acceptors (Lipinski definition) is 3. The van der Waals surface area contributed by atoms with Gasteiger partial charge in [0.2, 0.25) is 0 Å². The zero-order valence-electron chi connectivity index (χ0n) is 10.7. The molecule has 0 saturated heterocycles. The summed E-state index contributed by atoms with van der Waals surface area (Å²) in [7, 11) is 0. The summed E-state index contributed by atoms with van der Waals surface area (Å²) in [6.45, 7) is 2.73. The molecule has 1 aromatic heterocycles. The van der Waals surface area contributed by atoms with Crippen LogP contribution in [0.15, 0.2) is 47.4 Å². The van der Waals surface area contributed by atoms with Gasteiger partial charge in [-0.25, -0.2) is 0 Å². The molecule has 0 aliphatic rings. The number of nitrogens with zero attached hydrogens (tertiary/aromatic N) is 2. The summed E-state index contributed by atoms with van der Waals surface area (Å²) in [6.07, 6.45) is 1.71. The fourth-order valence-corrected chi connectivity index (χ4v) is 1.84. The lowest BCUT2D eigenvalue weighted by Crippen LogP contribution is -2.21. The highest BCUT2D eigenvalue weighted by molar-refractivity contribution is 5.33. The van der Waals surface area contributed by atoms with Gasteiger partial charge in [-0.2, -0.15) is 5.26 Å². The lowest BCUT2D eigenvalue weighted by molar-refractivity contribution is 0.332. The topological polar surface area (TPSA) is 55.0 Å². The maximum atomic E-state index is 12.1. The maximum Gasteiger partial charge on any atom is 0.293 e. The summed E-state index contributed by atoms with van der Waals surface area (Å²) < 4.78 is 6.85. The molecule has 0 aliphatic heterocycles. The Labute approximate surface area is 111 Å². The van der Waals surface area contributed by atoms with E-state index in [9.17, 15) is 4.79 Å². The number of pyridine rings is 1. The first-order valence-electron chi connectivity index (χ1n) is 6.06. The Morgan fingerprint density at radius 3 is 2.89 bits per heavy atom. The van der Waals surface area contributed by atoms with Crippen molar-refractivity contribution < 1.29 is 4.74 Å². The number of nitriles is 1. The third-order valence-electron chi connectivity index (χ3n) is 2.69. The van der Waals surface area contributed by atoms with Gasteiger partial charge < -0.3 is 9.30 Å². The molecule has 0 bridgehead atoms. The van der Waals surface area contributed by atoms with Crippen LogP contribution in [0.2, 0.25) is 0 Å². The van der Waals surface area contributed by atoms with E-state index in [2.05, 4.69) is 6.07 Å². The molecule has 4 heteroatoms. The van der Waals surface area contributed by atoms with Crippen LogP contribution in [0, 0.1) is 11.3 Å². The SMILES string of the molecule is CCOc1cccn(Cc2cccc(C#N)c2)c1=O. The minimum Gasteiger partial charge on any atom is -0.488 e. The van der Waals surface area contributed by atoms with E-state index in [0.29, 0.717) is 24.5 Å². The van der Waals surface area contributed by atoms with Crippen LogP contribution in [0.3, 0.4) is 0 Å². The molecule has 0 saturated carbocycles. The summed E-state index contributed by atoms with van der Waals surface area (Å²) in [5.74, 6) is 0.349. The highest BCUT2D eigenvalue weighted by Gasteiger charge is 2.04. The zero-order valence-corrected chi connectivity index (χ0v) is 10.7. The second-order valence-corrected chi connectivity index (χ2v) is 4.05. The van der Waals surface area contributed by atoms with E-state index in [1.54, 1.807) is 35.0 Å². The lowest BCUT2D eigenvalue weighted by atomic mass is 10.1. The van der Waals surface area contributed by atoms with E-state index in [1.807, 2.05) is 19.1 Å². The predicted octanol–water partition coefficient (Wildman–Crippen LogP) is 2.17. The van der Waals surface area contributed by atoms with Crippen molar-refractivity contribution in [3.8, 4) is 11.8 Å². The molecule has 4 nitrogen and oxygen atoms in total. The Morgan fingerprint density at radius 2 is 2.16 bits per heavy atom. The molecule has 0 atom stereocenters. The molecule has 0 N–H and O–H groups in total. The molecular weight excluding hydrogens is 240 g/mol. The van der Waals surface area contributed by atoms with Crippen molar-refractivity contribution in [1.82, 2.24) is 4.57 Å². The van der Waals surface area contributed by atoms with Crippen LogP contribution in [0.25, 0.3) is 0 Å². The predicted molar refractivity (Wildman–Crippen MR) is 72.1 cm³/mol. The molecule has 0 radical (unpaired) electrons. The minimum absolute atomic E-state index is 0.160. The van der Waals surface area contributed by atoms with Gasteiger partial charge in [0.15, 0.2) is 5.75 Å². The van der Waals surface area contributed by atoms with E-state index in [-0.39, 0.29) is 5.56 Å². The molecule has 0 amide bonds. The van der Waals surface area contributed by atoms with Crippen LogP contribution in [0.1, 0.15) is 18.1 Å². The van der Waals surface area contributed by atoms with Crippen molar-refractivity contribution in [2.24, 2.45) is 0 Å². The summed E-state index contributed by atoms with van der Waals surface area (Å²) in [4.78, 5) is 12.1. The molecule has 19 heavy (non-hydrogen) atoms. The van der Waals surface area contributed by atoms with Gasteiger partial charge in [0.1, 0.15) is 0 Å². The van der Waals surface area contributed by atoms with Crippen molar-refractivity contribution in [1.29, 1.82) is 5.26 Å². The average Bonchev–Trinajstić information content (AvgIpc) is 2.44. The lowest BCUT2D eigenvalue weighted by Gasteiger charge is -2.08. The van der Waals surface area contributed by atoms with Crippen LogP contribution in [-0.4, -0.2) is 11.2 Å². The Kier molecular flexibility index (Phi) is 3.99. The molecular formula is C15H14N2O2. The van der Waals surface area contributed by atoms with Gasteiger partial charge in [-0.3, -0.25) is 4.79 Å². The number of hydrogen-bond donors (Lipinski definition) is 0. The van der Waals surface area contributed by atoms with Crippen LogP contribution in [-0.2, 0) is 6.54 Å². The van der Waals surface area contributed by atoms with E-state index in [4.69, 9.17) is 10.00 Å². The van der Waals surface area contributed by atoms with E-state index < -0.39 is 0 Å². The minimum atomic E-state index is -0.160. The normalized spacial score (nSPS) is 9.89. The fraction of sp³-hybridized carbons (Fsp3) is 0.200. The summed E-state index contributed by atoms with van der Waals surface area (Å²) in [5.41, 5.74) is 1.34. The Hall–Kier alpha value is -2.54. The molecule has 0 aliphatic carbocycles. The number of rotatable bonds is 4.